The Morgan fingerprint density at radius 2 is 1.78 bits per heavy atom. The fraction of sp³-hybridized carbons (Fsp3) is 0.650. The number of carbonyl (C=O) groups is 2. The summed E-state index contributed by atoms with van der Waals surface area (Å²) in [6.07, 6.45) is 3.33. The Kier molecular flexibility index (Phi) is 6.93. The summed E-state index contributed by atoms with van der Waals surface area (Å²) in [7, 11) is -3.57. The van der Waals surface area contributed by atoms with Crippen LogP contribution in [0.3, 0.4) is 0 Å². The van der Waals surface area contributed by atoms with E-state index in [-0.39, 0.29) is 16.8 Å². The first kappa shape index (κ1) is 22.9. The monoisotopic (exact) mass is 466 g/mol. The maximum absolute atomic E-state index is 12.7. The van der Waals surface area contributed by atoms with Gasteiger partial charge in [-0.05, 0) is 31.9 Å². The largest absolute Gasteiger partial charge is 0.379 e. The Balaban J connectivity index is 1.29. The second-order valence-corrected chi connectivity index (χ2v) is 10.2. The van der Waals surface area contributed by atoms with Crippen LogP contribution in [0.4, 0.5) is 10.6 Å². The number of pyridine rings is 1. The molecule has 1 aromatic heterocycles. The smallest absolute Gasteiger partial charge is 0.321 e. The van der Waals surface area contributed by atoms with E-state index < -0.39 is 22.1 Å². The Labute approximate surface area is 188 Å². The molecule has 3 aliphatic rings. The second-order valence-electron chi connectivity index (χ2n) is 8.30. The SMILES string of the molecule is CC(C(=O)NC(=O)NC1CC1)N1CCN(c2ccc(S(=O)(=O)N3CCOCC3)cn2)CC1. The summed E-state index contributed by atoms with van der Waals surface area (Å²) < 4.78 is 32.1. The highest BCUT2D eigenvalue weighted by molar-refractivity contribution is 7.89. The van der Waals surface area contributed by atoms with E-state index in [9.17, 15) is 18.0 Å². The number of nitrogens with one attached hydrogen (secondary N) is 2. The zero-order valence-electron chi connectivity index (χ0n) is 18.2. The maximum Gasteiger partial charge on any atom is 0.321 e. The van der Waals surface area contributed by atoms with E-state index in [1.807, 2.05) is 4.90 Å². The molecule has 32 heavy (non-hydrogen) atoms. The molecule has 1 unspecified atom stereocenters. The minimum absolute atomic E-state index is 0.177. The van der Waals surface area contributed by atoms with E-state index >= 15 is 0 Å². The van der Waals surface area contributed by atoms with Crippen LogP contribution in [0.25, 0.3) is 0 Å². The predicted molar refractivity (Wildman–Crippen MR) is 117 cm³/mol. The van der Waals surface area contributed by atoms with Crippen molar-refractivity contribution in [3.8, 4) is 0 Å². The molecule has 4 rings (SSSR count). The standard InChI is InChI=1S/C20H30N6O5S/c1-15(19(27)23-20(28)22-16-2-3-16)24-6-8-25(9-7-24)18-5-4-17(14-21-18)32(29,30)26-10-12-31-13-11-26/h4-5,14-16H,2-3,6-13H2,1H3,(H2,22,23,27,28). The minimum atomic E-state index is -3.57. The van der Waals surface area contributed by atoms with E-state index in [1.54, 1.807) is 19.1 Å². The van der Waals surface area contributed by atoms with Crippen molar-refractivity contribution in [3.05, 3.63) is 18.3 Å². The Bertz CT molecular complexity index is 922. The molecular formula is C20H30N6O5S. The molecular weight excluding hydrogens is 436 g/mol. The van der Waals surface area contributed by atoms with Crippen LogP contribution in [-0.4, -0.2) is 99.1 Å². The van der Waals surface area contributed by atoms with Crippen LogP contribution in [0.5, 0.6) is 0 Å². The molecule has 0 radical (unpaired) electrons. The van der Waals surface area contributed by atoms with Gasteiger partial charge in [0.1, 0.15) is 10.7 Å². The van der Waals surface area contributed by atoms with Crippen molar-refractivity contribution in [3.63, 3.8) is 0 Å². The maximum atomic E-state index is 12.7. The Morgan fingerprint density at radius 1 is 1.09 bits per heavy atom. The molecule has 3 amide bonds. The van der Waals surface area contributed by atoms with E-state index in [4.69, 9.17) is 4.74 Å². The van der Waals surface area contributed by atoms with E-state index in [2.05, 4.69) is 20.5 Å². The van der Waals surface area contributed by atoms with Crippen LogP contribution in [0.2, 0.25) is 0 Å². The lowest BCUT2D eigenvalue weighted by Crippen LogP contribution is -2.55. The number of aromatic nitrogens is 1. The van der Waals surface area contributed by atoms with Gasteiger partial charge in [-0.15, -0.1) is 0 Å². The molecule has 12 heteroatoms. The highest BCUT2D eigenvalue weighted by atomic mass is 32.2. The van der Waals surface area contributed by atoms with Gasteiger partial charge in [0, 0.05) is 51.5 Å². The molecule has 2 N–H and O–H groups in total. The van der Waals surface area contributed by atoms with E-state index in [0.29, 0.717) is 58.3 Å². The summed E-state index contributed by atoms with van der Waals surface area (Å²) in [5.41, 5.74) is 0. The predicted octanol–water partition coefficient (Wildman–Crippen LogP) is -0.399. The van der Waals surface area contributed by atoms with Gasteiger partial charge in [0.15, 0.2) is 0 Å². The van der Waals surface area contributed by atoms with Crippen molar-refractivity contribution < 1.29 is 22.7 Å². The first-order chi connectivity index (χ1) is 15.3. The van der Waals surface area contributed by atoms with Crippen molar-refractivity contribution in [2.75, 3.05) is 57.4 Å². The lowest BCUT2D eigenvalue weighted by atomic mass is 10.2. The molecule has 1 saturated carbocycles. The summed E-state index contributed by atoms with van der Waals surface area (Å²) in [6, 6.07) is 2.66. The molecule has 1 aliphatic carbocycles. The van der Waals surface area contributed by atoms with Gasteiger partial charge in [0.25, 0.3) is 0 Å². The summed E-state index contributed by atoms with van der Waals surface area (Å²) in [5, 5.41) is 5.16. The number of anilines is 1. The quantitative estimate of drug-likeness (QED) is 0.581. The first-order valence-electron chi connectivity index (χ1n) is 11.0. The van der Waals surface area contributed by atoms with Crippen molar-refractivity contribution in [1.82, 2.24) is 24.8 Å². The lowest BCUT2D eigenvalue weighted by Gasteiger charge is -2.37. The number of piperazine rings is 1. The van der Waals surface area contributed by atoms with Gasteiger partial charge in [0.05, 0.1) is 19.3 Å². The number of imide groups is 1. The zero-order chi connectivity index (χ0) is 22.7. The van der Waals surface area contributed by atoms with Gasteiger partial charge in [0.2, 0.25) is 15.9 Å². The van der Waals surface area contributed by atoms with Gasteiger partial charge in [-0.25, -0.2) is 18.2 Å². The number of morpholine rings is 1. The molecule has 11 nitrogen and oxygen atoms in total. The number of nitrogens with zero attached hydrogens (tertiary/aromatic N) is 4. The number of amides is 3. The minimum Gasteiger partial charge on any atom is -0.379 e. The number of ether oxygens (including phenoxy) is 1. The number of sulfonamides is 1. The zero-order valence-corrected chi connectivity index (χ0v) is 19.0. The van der Waals surface area contributed by atoms with Crippen molar-refractivity contribution in [2.45, 2.75) is 36.7 Å². The fourth-order valence-corrected chi connectivity index (χ4v) is 5.17. The van der Waals surface area contributed by atoms with E-state index in [0.717, 1.165) is 12.8 Å². The molecule has 1 aromatic rings. The van der Waals surface area contributed by atoms with Crippen molar-refractivity contribution in [2.24, 2.45) is 0 Å². The third-order valence-electron chi connectivity index (χ3n) is 6.04. The van der Waals surface area contributed by atoms with Crippen molar-refractivity contribution in [1.29, 1.82) is 0 Å². The third-order valence-corrected chi connectivity index (χ3v) is 7.93. The number of rotatable bonds is 6. The molecule has 2 aliphatic heterocycles. The molecule has 0 bridgehead atoms. The lowest BCUT2D eigenvalue weighted by molar-refractivity contribution is -0.124. The average molecular weight is 467 g/mol. The van der Waals surface area contributed by atoms with Gasteiger partial charge < -0.3 is 15.0 Å². The molecule has 0 spiro atoms. The molecule has 1 atom stereocenters. The van der Waals surface area contributed by atoms with Crippen LogP contribution in [0, 0.1) is 0 Å². The average Bonchev–Trinajstić information content (AvgIpc) is 3.63. The molecule has 176 valence electrons. The van der Waals surface area contributed by atoms with Gasteiger partial charge in [-0.2, -0.15) is 4.31 Å². The van der Waals surface area contributed by atoms with Gasteiger partial charge >= 0.3 is 6.03 Å². The van der Waals surface area contributed by atoms with E-state index in [1.165, 1.54) is 10.5 Å². The summed E-state index contributed by atoms with van der Waals surface area (Å²) in [6.45, 7) is 5.85. The molecule has 3 heterocycles. The normalized spacial score (nSPS) is 21.7. The van der Waals surface area contributed by atoms with Crippen molar-refractivity contribution >= 4 is 27.8 Å². The molecule has 2 saturated heterocycles. The third kappa shape index (κ3) is 5.37. The highest BCUT2D eigenvalue weighted by Gasteiger charge is 2.30. The van der Waals surface area contributed by atoms with Crippen LogP contribution < -0.4 is 15.5 Å². The Hall–Kier alpha value is -2.28. The number of hydrogen-bond donors (Lipinski definition) is 2. The number of hydrogen-bond acceptors (Lipinski definition) is 8. The van der Waals surface area contributed by atoms with Crippen LogP contribution >= 0.6 is 0 Å². The van der Waals surface area contributed by atoms with Crippen LogP contribution in [0.1, 0.15) is 19.8 Å². The van der Waals surface area contributed by atoms with Crippen LogP contribution in [-0.2, 0) is 19.6 Å². The van der Waals surface area contributed by atoms with Gasteiger partial charge in [-0.3, -0.25) is 15.0 Å². The highest BCUT2D eigenvalue weighted by Crippen LogP contribution is 2.21. The summed E-state index contributed by atoms with van der Waals surface area (Å²) in [4.78, 5) is 32.8. The number of urea groups is 1. The summed E-state index contributed by atoms with van der Waals surface area (Å²) in [5.74, 6) is 0.388. The first-order valence-corrected chi connectivity index (χ1v) is 12.4. The van der Waals surface area contributed by atoms with Gasteiger partial charge in [-0.1, -0.05) is 0 Å². The second kappa shape index (κ2) is 9.69. The van der Waals surface area contributed by atoms with Crippen LogP contribution in [0.15, 0.2) is 23.2 Å². The molecule has 0 aromatic carbocycles. The number of carbonyl (C=O) groups excluding carboxylic acids is 2. The fourth-order valence-electron chi connectivity index (χ4n) is 3.82. The topological polar surface area (TPSA) is 124 Å². The Morgan fingerprint density at radius 3 is 2.38 bits per heavy atom. The molecule has 3 fully saturated rings. The summed E-state index contributed by atoms with van der Waals surface area (Å²) >= 11 is 0.